The summed E-state index contributed by atoms with van der Waals surface area (Å²) in [4.78, 5) is 22.3. The van der Waals surface area contributed by atoms with Crippen LogP contribution in [0.2, 0.25) is 5.02 Å². The van der Waals surface area contributed by atoms with E-state index >= 15 is 0 Å². The molecule has 0 saturated carbocycles. The van der Waals surface area contributed by atoms with Gasteiger partial charge in [0.15, 0.2) is 0 Å². The molecular weight excluding hydrogens is 258 g/mol. The molecule has 98 valence electrons. The minimum atomic E-state index is -0.485. The second kappa shape index (κ2) is 7.52. The first kappa shape index (κ1) is 14.3. The Morgan fingerprint density at radius 2 is 1.94 bits per heavy atom. The van der Waals surface area contributed by atoms with E-state index in [0.717, 1.165) is 0 Å². The van der Waals surface area contributed by atoms with Crippen molar-refractivity contribution in [2.24, 2.45) is 0 Å². The Morgan fingerprint density at radius 3 is 2.56 bits per heavy atom. The number of urea groups is 1. The number of carbonyl (C=O) groups excluding carboxylic acids is 2. The van der Waals surface area contributed by atoms with E-state index in [0.29, 0.717) is 17.3 Å². The molecule has 0 aliphatic rings. The van der Waals surface area contributed by atoms with Gasteiger partial charge in [0.25, 0.3) is 0 Å². The molecule has 0 unspecified atom stereocenters. The van der Waals surface area contributed by atoms with E-state index in [2.05, 4.69) is 20.9 Å². The Kier molecular flexibility index (Phi) is 5.96. The molecule has 1 aromatic carbocycles. The molecular formula is C11H14ClN3O3. The second-order valence-electron chi connectivity index (χ2n) is 3.24. The third kappa shape index (κ3) is 5.51. The molecule has 6 nitrogen and oxygen atoms in total. The predicted molar refractivity (Wildman–Crippen MR) is 68.2 cm³/mol. The van der Waals surface area contributed by atoms with Gasteiger partial charge in [-0.15, -0.1) is 0 Å². The SMILES string of the molecule is CCOC(=O)CNNC(=O)Nc1ccc(Cl)cc1. The molecule has 0 heterocycles. The van der Waals surface area contributed by atoms with Gasteiger partial charge in [-0.2, -0.15) is 0 Å². The fraction of sp³-hybridized carbons (Fsp3) is 0.273. The van der Waals surface area contributed by atoms with E-state index < -0.39 is 12.0 Å². The molecule has 18 heavy (non-hydrogen) atoms. The Hall–Kier alpha value is -1.79. The normalized spacial score (nSPS) is 9.67. The highest BCUT2D eigenvalue weighted by molar-refractivity contribution is 6.30. The first-order valence-electron chi connectivity index (χ1n) is 5.33. The monoisotopic (exact) mass is 271 g/mol. The summed E-state index contributed by atoms with van der Waals surface area (Å²) in [7, 11) is 0. The van der Waals surface area contributed by atoms with Crippen LogP contribution in [0.5, 0.6) is 0 Å². The van der Waals surface area contributed by atoms with Gasteiger partial charge in [-0.05, 0) is 31.2 Å². The van der Waals surface area contributed by atoms with Crippen molar-refractivity contribution in [3.63, 3.8) is 0 Å². The van der Waals surface area contributed by atoms with Gasteiger partial charge in [-0.3, -0.25) is 10.2 Å². The summed E-state index contributed by atoms with van der Waals surface area (Å²) >= 11 is 5.70. The molecule has 0 atom stereocenters. The van der Waals surface area contributed by atoms with E-state index in [9.17, 15) is 9.59 Å². The van der Waals surface area contributed by atoms with Crippen molar-refractivity contribution in [1.82, 2.24) is 10.9 Å². The molecule has 7 heteroatoms. The highest BCUT2D eigenvalue weighted by atomic mass is 35.5. The van der Waals surface area contributed by atoms with E-state index in [4.69, 9.17) is 11.6 Å². The number of anilines is 1. The third-order valence-corrected chi connectivity index (χ3v) is 2.09. The van der Waals surface area contributed by atoms with Crippen molar-refractivity contribution < 1.29 is 14.3 Å². The molecule has 1 aromatic rings. The van der Waals surface area contributed by atoms with Crippen LogP contribution in [0.3, 0.4) is 0 Å². The van der Waals surface area contributed by atoms with E-state index in [-0.39, 0.29) is 6.54 Å². The van der Waals surface area contributed by atoms with Gasteiger partial charge >= 0.3 is 12.0 Å². The zero-order valence-electron chi connectivity index (χ0n) is 9.83. The van der Waals surface area contributed by atoms with Crippen LogP contribution >= 0.6 is 11.6 Å². The lowest BCUT2D eigenvalue weighted by molar-refractivity contribution is -0.142. The lowest BCUT2D eigenvalue weighted by Crippen LogP contribution is -2.43. The van der Waals surface area contributed by atoms with Crippen LogP contribution in [0.25, 0.3) is 0 Å². The molecule has 3 N–H and O–H groups in total. The van der Waals surface area contributed by atoms with Crippen LogP contribution in [0, 0.1) is 0 Å². The topological polar surface area (TPSA) is 79.5 Å². The van der Waals surface area contributed by atoms with Gasteiger partial charge in [-0.1, -0.05) is 11.6 Å². The molecule has 0 fully saturated rings. The molecule has 0 aliphatic heterocycles. The molecule has 0 bridgehead atoms. The number of nitrogens with one attached hydrogen (secondary N) is 3. The highest BCUT2D eigenvalue weighted by Crippen LogP contribution is 2.12. The number of rotatable bonds is 5. The Bertz CT molecular complexity index is 408. The Labute approximate surface area is 110 Å². The molecule has 0 aromatic heterocycles. The Balaban J connectivity index is 2.25. The summed E-state index contributed by atoms with van der Waals surface area (Å²) in [5, 5.41) is 3.14. The zero-order valence-corrected chi connectivity index (χ0v) is 10.6. The van der Waals surface area contributed by atoms with Gasteiger partial charge in [0, 0.05) is 10.7 Å². The first-order valence-corrected chi connectivity index (χ1v) is 5.70. The Morgan fingerprint density at radius 1 is 1.28 bits per heavy atom. The number of carbonyl (C=O) groups is 2. The molecule has 2 amide bonds. The fourth-order valence-electron chi connectivity index (χ4n) is 1.10. The standard InChI is InChI=1S/C11H14ClN3O3/c1-2-18-10(16)7-13-15-11(17)14-9-5-3-8(12)4-6-9/h3-6,13H,2,7H2,1H3,(H2,14,15,17). The van der Waals surface area contributed by atoms with E-state index in [1.165, 1.54) is 0 Å². The maximum Gasteiger partial charge on any atom is 0.333 e. The van der Waals surface area contributed by atoms with Gasteiger partial charge in [-0.25, -0.2) is 10.2 Å². The smallest absolute Gasteiger partial charge is 0.333 e. The number of amides is 2. The van der Waals surface area contributed by atoms with Crippen molar-refractivity contribution in [3.8, 4) is 0 Å². The maximum absolute atomic E-state index is 11.4. The minimum absolute atomic E-state index is 0.0954. The largest absolute Gasteiger partial charge is 0.465 e. The van der Waals surface area contributed by atoms with Crippen LogP contribution in [0.1, 0.15) is 6.92 Å². The number of halogens is 1. The number of benzene rings is 1. The summed E-state index contributed by atoms with van der Waals surface area (Å²) in [5.74, 6) is -0.440. The lowest BCUT2D eigenvalue weighted by Gasteiger charge is -2.08. The van der Waals surface area contributed by atoms with E-state index in [1.54, 1.807) is 31.2 Å². The average Bonchev–Trinajstić information content (AvgIpc) is 2.32. The molecule has 0 aliphatic carbocycles. The van der Waals surface area contributed by atoms with E-state index in [1.807, 2.05) is 0 Å². The van der Waals surface area contributed by atoms with Crippen LogP contribution in [-0.2, 0) is 9.53 Å². The molecule has 1 rings (SSSR count). The number of esters is 1. The number of hydrogen-bond acceptors (Lipinski definition) is 4. The van der Waals surface area contributed by atoms with Crippen LogP contribution in [0.15, 0.2) is 24.3 Å². The first-order chi connectivity index (χ1) is 8.61. The number of hydrazine groups is 1. The molecule has 0 radical (unpaired) electrons. The van der Waals surface area contributed by atoms with Crippen molar-refractivity contribution in [3.05, 3.63) is 29.3 Å². The summed E-state index contributed by atoms with van der Waals surface area (Å²) in [6.45, 7) is 1.91. The van der Waals surface area contributed by atoms with Gasteiger partial charge in [0.2, 0.25) is 0 Å². The highest BCUT2D eigenvalue weighted by Gasteiger charge is 2.03. The lowest BCUT2D eigenvalue weighted by atomic mass is 10.3. The molecule has 0 spiro atoms. The van der Waals surface area contributed by atoms with Crippen molar-refractivity contribution in [2.75, 3.05) is 18.5 Å². The fourth-order valence-corrected chi connectivity index (χ4v) is 1.23. The van der Waals surface area contributed by atoms with Crippen molar-refractivity contribution in [1.29, 1.82) is 0 Å². The average molecular weight is 272 g/mol. The van der Waals surface area contributed by atoms with Gasteiger partial charge < -0.3 is 10.1 Å². The van der Waals surface area contributed by atoms with Gasteiger partial charge in [0.1, 0.15) is 6.54 Å². The number of ether oxygens (including phenoxy) is 1. The summed E-state index contributed by atoms with van der Waals surface area (Å²) < 4.78 is 4.67. The summed E-state index contributed by atoms with van der Waals surface area (Å²) in [6, 6.07) is 6.15. The van der Waals surface area contributed by atoms with Crippen molar-refractivity contribution >= 4 is 29.3 Å². The van der Waals surface area contributed by atoms with Crippen LogP contribution < -0.4 is 16.2 Å². The van der Waals surface area contributed by atoms with Crippen LogP contribution in [0.4, 0.5) is 10.5 Å². The quantitative estimate of drug-likeness (QED) is 0.560. The van der Waals surface area contributed by atoms with Crippen LogP contribution in [-0.4, -0.2) is 25.2 Å². The zero-order chi connectivity index (χ0) is 13.4. The minimum Gasteiger partial charge on any atom is -0.465 e. The van der Waals surface area contributed by atoms with Crippen molar-refractivity contribution in [2.45, 2.75) is 6.92 Å². The number of hydrogen-bond donors (Lipinski definition) is 3. The summed E-state index contributed by atoms with van der Waals surface area (Å²) in [6.07, 6.45) is 0. The van der Waals surface area contributed by atoms with Gasteiger partial charge in [0.05, 0.1) is 6.61 Å². The predicted octanol–water partition coefficient (Wildman–Crippen LogP) is 1.53. The maximum atomic E-state index is 11.4. The molecule has 0 saturated heterocycles. The summed E-state index contributed by atoms with van der Waals surface area (Å²) in [5.41, 5.74) is 5.33. The third-order valence-electron chi connectivity index (χ3n) is 1.84. The second-order valence-corrected chi connectivity index (χ2v) is 3.68.